The van der Waals surface area contributed by atoms with E-state index in [0.29, 0.717) is 12.8 Å². The Hall–Kier alpha value is -4.19. The minimum Gasteiger partial charge on any atom is -0.462 e. The number of hydrogen-bond donors (Lipinski definition) is 0. The van der Waals surface area contributed by atoms with Crippen LogP contribution >= 0.6 is 0 Å². The normalized spacial score (nSPS) is 13.2. The average Bonchev–Trinajstić information content (AvgIpc) is 3.22. The van der Waals surface area contributed by atoms with Crippen molar-refractivity contribution >= 4 is 17.9 Å². The lowest BCUT2D eigenvalue weighted by molar-refractivity contribution is -0.166. The van der Waals surface area contributed by atoms with Crippen molar-refractivity contribution in [2.45, 2.75) is 175 Å². The van der Waals surface area contributed by atoms with Crippen molar-refractivity contribution in [3.05, 3.63) is 122 Å². The third-order valence-electron chi connectivity index (χ3n) is 8.73. The molecule has 0 fully saturated rings. The van der Waals surface area contributed by atoms with Crippen LogP contribution in [0.3, 0.4) is 0 Å². The summed E-state index contributed by atoms with van der Waals surface area (Å²) in [6.07, 6.45) is 62.2. The molecule has 324 valence electrons. The first-order chi connectivity index (χ1) is 28.5. The molecule has 0 aliphatic heterocycles. The summed E-state index contributed by atoms with van der Waals surface area (Å²) in [5, 5.41) is 0. The van der Waals surface area contributed by atoms with Crippen LogP contribution in [-0.2, 0) is 28.6 Å². The number of esters is 3. The number of hydrogen-bond acceptors (Lipinski definition) is 6. The Morgan fingerprint density at radius 3 is 1.28 bits per heavy atom. The molecule has 0 aromatic heterocycles. The van der Waals surface area contributed by atoms with Gasteiger partial charge in [0.15, 0.2) is 6.10 Å². The molecule has 1 atom stereocenters. The van der Waals surface area contributed by atoms with Gasteiger partial charge in [0.25, 0.3) is 0 Å². The van der Waals surface area contributed by atoms with Gasteiger partial charge in [-0.2, -0.15) is 0 Å². The van der Waals surface area contributed by atoms with E-state index in [1.165, 1.54) is 32.1 Å². The lowest BCUT2D eigenvalue weighted by atomic mass is 10.1. The smallest absolute Gasteiger partial charge is 0.309 e. The molecule has 0 spiro atoms. The fraction of sp³-hybridized carbons (Fsp3) is 0.558. The molecule has 0 saturated carbocycles. The topological polar surface area (TPSA) is 78.9 Å². The maximum absolute atomic E-state index is 12.7. The molecule has 0 saturated heterocycles. The Kier molecular flexibility index (Phi) is 42.2. The first kappa shape index (κ1) is 53.8. The van der Waals surface area contributed by atoms with Gasteiger partial charge in [-0.3, -0.25) is 14.4 Å². The Balaban J connectivity index is 4.66. The third kappa shape index (κ3) is 42.9. The average molecular weight is 801 g/mol. The van der Waals surface area contributed by atoms with Crippen molar-refractivity contribution < 1.29 is 28.6 Å². The summed E-state index contributed by atoms with van der Waals surface area (Å²) < 4.78 is 16.5. The molecule has 58 heavy (non-hydrogen) atoms. The van der Waals surface area contributed by atoms with Crippen molar-refractivity contribution in [2.24, 2.45) is 0 Å². The van der Waals surface area contributed by atoms with Gasteiger partial charge < -0.3 is 14.2 Å². The van der Waals surface area contributed by atoms with Crippen molar-refractivity contribution in [1.82, 2.24) is 0 Å². The van der Waals surface area contributed by atoms with Crippen LogP contribution in [0.2, 0.25) is 0 Å². The van der Waals surface area contributed by atoms with Gasteiger partial charge in [0.1, 0.15) is 13.2 Å². The van der Waals surface area contributed by atoms with Gasteiger partial charge in [0, 0.05) is 12.8 Å². The van der Waals surface area contributed by atoms with Gasteiger partial charge in [-0.15, -0.1) is 0 Å². The number of rotatable bonds is 38. The second kappa shape index (κ2) is 45.5. The zero-order chi connectivity index (χ0) is 42.3. The van der Waals surface area contributed by atoms with Crippen molar-refractivity contribution in [2.75, 3.05) is 13.2 Å². The van der Waals surface area contributed by atoms with Crippen LogP contribution in [0.1, 0.15) is 168 Å². The van der Waals surface area contributed by atoms with Crippen LogP contribution in [0.25, 0.3) is 0 Å². The van der Waals surface area contributed by atoms with E-state index in [9.17, 15) is 14.4 Å². The Morgan fingerprint density at radius 1 is 0.379 bits per heavy atom. The highest BCUT2D eigenvalue weighted by atomic mass is 16.6. The summed E-state index contributed by atoms with van der Waals surface area (Å²) in [6, 6.07) is 0. The lowest BCUT2D eigenvalue weighted by Gasteiger charge is -2.18. The number of allylic oxidation sites excluding steroid dienone is 19. The molecule has 0 rings (SSSR count). The molecule has 0 heterocycles. The van der Waals surface area contributed by atoms with Gasteiger partial charge in [0.05, 0.1) is 6.42 Å². The predicted octanol–water partition coefficient (Wildman–Crippen LogP) is 14.6. The molecular formula is C52H80O6. The minimum atomic E-state index is -0.860. The summed E-state index contributed by atoms with van der Waals surface area (Å²) in [7, 11) is 0. The van der Waals surface area contributed by atoms with Gasteiger partial charge in [-0.1, -0.05) is 174 Å². The summed E-state index contributed by atoms with van der Waals surface area (Å²) in [6.45, 7) is 6.18. The zero-order valence-corrected chi connectivity index (χ0v) is 36.8. The predicted molar refractivity (Wildman–Crippen MR) is 246 cm³/mol. The van der Waals surface area contributed by atoms with E-state index < -0.39 is 18.0 Å². The van der Waals surface area contributed by atoms with Crippen LogP contribution in [0.15, 0.2) is 122 Å². The maximum atomic E-state index is 12.7. The van der Waals surface area contributed by atoms with E-state index in [-0.39, 0.29) is 32.0 Å². The van der Waals surface area contributed by atoms with Crippen LogP contribution < -0.4 is 0 Å². The molecule has 1 unspecified atom stereocenters. The highest BCUT2D eigenvalue weighted by molar-refractivity contribution is 5.72. The van der Waals surface area contributed by atoms with Crippen LogP contribution in [0, 0.1) is 0 Å². The Bertz CT molecular complexity index is 1290. The van der Waals surface area contributed by atoms with Crippen molar-refractivity contribution in [1.29, 1.82) is 0 Å². The SMILES string of the molecule is CC/C=C\C/C=C\C/C=C\C/C=C\C/C=C\CC(=O)OCC(COC(=O)CCCCCCC/C=C\CCCCC)OC(=O)CC/C=C\C/C=C\C/C=C\C/C=C\CC. The zero-order valence-electron chi connectivity index (χ0n) is 36.8. The number of ether oxygens (including phenoxy) is 3. The van der Waals surface area contributed by atoms with E-state index in [1.807, 2.05) is 18.2 Å². The van der Waals surface area contributed by atoms with E-state index in [4.69, 9.17) is 14.2 Å². The summed E-state index contributed by atoms with van der Waals surface area (Å²) >= 11 is 0. The Morgan fingerprint density at radius 2 is 0.776 bits per heavy atom. The van der Waals surface area contributed by atoms with E-state index >= 15 is 0 Å². The van der Waals surface area contributed by atoms with E-state index in [1.54, 1.807) is 6.08 Å². The maximum Gasteiger partial charge on any atom is 0.309 e. The number of carbonyl (C=O) groups is 3. The molecule has 0 aromatic rings. The summed E-state index contributed by atoms with van der Waals surface area (Å²) in [4.78, 5) is 37.7. The molecular weight excluding hydrogens is 721 g/mol. The molecule has 6 heteroatoms. The molecule has 0 N–H and O–H groups in total. The van der Waals surface area contributed by atoms with Crippen LogP contribution in [-0.4, -0.2) is 37.2 Å². The molecule has 0 amide bonds. The lowest BCUT2D eigenvalue weighted by Crippen LogP contribution is -2.30. The van der Waals surface area contributed by atoms with Crippen LogP contribution in [0.4, 0.5) is 0 Å². The van der Waals surface area contributed by atoms with Gasteiger partial charge in [-0.05, 0) is 96.3 Å². The van der Waals surface area contributed by atoms with Crippen molar-refractivity contribution in [3.8, 4) is 0 Å². The summed E-state index contributed by atoms with van der Waals surface area (Å²) in [5.41, 5.74) is 0. The third-order valence-corrected chi connectivity index (χ3v) is 8.73. The second-order valence-electron chi connectivity index (χ2n) is 14.2. The standard InChI is InChI=1S/C52H80O6/c1-4-7-10-13-16-19-22-25-26-28-30-33-36-39-42-45-51(54)57-48-49(47-56-50(53)44-41-38-35-32-29-24-21-18-15-12-9-6-3)58-52(55)46-43-40-37-34-31-27-23-20-17-14-11-8-5-2/h7-8,10-11,16-21,25-27,30-31,33,37,39-40,42,49H,4-6,9,12-15,22-24,28-29,32,34-36,38,41,43-48H2,1-3H3/b10-7-,11-8-,19-16-,20-17-,21-18-,26-25-,31-27-,33-30-,40-37-,42-39-. The molecule has 0 radical (unpaired) electrons. The first-order valence-corrected chi connectivity index (χ1v) is 22.5. The monoisotopic (exact) mass is 801 g/mol. The van der Waals surface area contributed by atoms with E-state index in [0.717, 1.165) is 89.9 Å². The van der Waals surface area contributed by atoms with Crippen LogP contribution in [0.5, 0.6) is 0 Å². The molecule has 0 aliphatic rings. The molecule has 0 aromatic carbocycles. The Labute approximate surface area is 354 Å². The van der Waals surface area contributed by atoms with Gasteiger partial charge >= 0.3 is 17.9 Å². The first-order valence-electron chi connectivity index (χ1n) is 22.5. The summed E-state index contributed by atoms with van der Waals surface area (Å²) in [5.74, 6) is -1.19. The number of carbonyl (C=O) groups excluding carboxylic acids is 3. The fourth-order valence-corrected chi connectivity index (χ4v) is 5.40. The van der Waals surface area contributed by atoms with E-state index in [2.05, 4.69) is 118 Å². The fourth-order valence-electron chi connectivity index (χ4n) is 5.40. The van der Waals surface area contributed by atoms with Crippen molar-refractivity contribution in [3.63, 3.8) is 0 Å². The quantitative estimate of drug-likeness (QED) is 0.0268. The minimum absolute atomic E-state index is 0.106. The molecule has 6 nitrogen and oxygen atoms in total. The van der Waals surface area contributed by atoms with Gasteiger partial charge in [-0.25, -0.2) is 0 Å². The largest absolute Gasteiger partial charge is 0.462 e. The molecule has 0 bridgehead atoms. The second-order valence-corrected chi connectivity index (χ2v) is 14.2. The number of unbranched alkanes of at least 4 members (excludes halogenated alkanes) is 8. The highest BCUT2D eigenvalue weighted by Gasteiger charge is 2.19. The van der Waals surface area contributed by atoms with Gasteiger partial charge in [0.2, 0.25) is 0 Å². The molecule has 0 aliphatic carbocycles. The highest BCUT2D eigenvalue weighted by Crippen LogP contribution is 2.10.